The molecule has 132 valence electrons. The average Bonchev–Trinajstić information content (AvgIpc) is 3.29. The van der Waals surface area contributed by atoms with E-state index in [1.54, 1.807) is 11.0 Å². The van der Waals surface area contributed by atoms with Gasteiger partial charge in [0.1, 0.15) is 5.60 Å². The largest absolute Gasteiger partial charge is 0.444 e. The number of pyridine rings is 1. The van der Waals surface area contributed by atoms with Crippen molar-refractivity contribution in [1.82, 2.24) is 9.47 Å². The molecule has 1 saturated carbocycles. The molecule has 3 rings (SSSR count). The summed E-state index contributed by atoms with van der Waals surface area (Å²) in [6.45, 7) is 9.65. The average molecular weight is 333 g/mol. The molecule has 6 nitrogen and oxygen atoms in total. The van der Waals surface area contributed by atoms with E-state index in [2.05, 4.69) is 4.90 Å². The Hall–Kier alpha value is -1.98. The molecule has 0 aromatic carbocycles. The topological polar surface area (TPSA) is 54.8 Å². The summed E-state index contributed by atoms with van der Waals surface area (Å²) in [5, 5.41) is 0. The van der Waals surface area contributed by atoms with Gasteiger partial charge in [0.2, 0.25) is 0 Å². The van der Waals surface area contributed by atoms with Gasteiger partial charge in [0.15, 0.2) is 0 Å². The number of carbonyl (C=O) groups is 1. The maximum atomic E-state index is 12.3. The lowest BCUT2D eigenvalue weighted by Crippen LogP contribution is -2.55. The number of ether oxygens (including phenoxy) is 1. The lowest BCUT2D eigenvalue weighted by molar-refractivity contribution is 0.0159. The number of carbonyl (C=O) groups excluding carboxylic acids is 1. The molecular weight excluding hydrogens is 306 g/mol. The van der Waals surface area contributed by atoms with E-state index < -0.39 is 5.60 Å². The van der Waals surface area contributed by atoms with E-state index in [4.69, 9.17) is 4.74 Å². The molecule has 2 aliphatic rings. The van der Waals surface area contributed by atoms with Crippen molar-refractivity contribution < 1.29 is 9.53 Å². The lowest BCUT2D eigenvalue weighted by atomic mass is 10.1. The minimum atomic E-state index is -0.485. The van der Waals surface area contributed by atoms with E-state index in [0.717, 1.165) is 18.5 Å². The molecule has 0 radical (unpaired) electrons. The molecule has 0 N–H and O–H groups in total. The molecule has 2 heterocycles. The minimum absolute atomic E-state index is 0.0412. The van der Waals surface area contributed by atoms with Crippen LogP contribution in [0.15, 0.2) is 23.1 Å². The van der Waals surface area contributed by atoms with Gasteiger partial charge < -0.3 is 19.1 Å². The highest BCUT2D eigenvalue weighted by molar-refractivity contribution is 5.69. The van der Waals surface area contributed by atoms with Crippen LogP contribution in [0, 0.1) is 0 Å². The summed E-state index contributed by atoms with van der Waals surface area (Å²) in [5.41, 5.74) is 0.520. The third-order valence-corrected chi connectivity index (χ3v) is 4.49. The molecule has 1 aromatic rings. The smallest absolute Gasteiger partial charge is 0.410 e. The van der Waals surface area contributed by atoms with Crippen molar-refractivity contribution in [2.24, 2.45) is 0 Å². The highest BCUT2D eigenvalue weighted by Gasteiger charge is 2.31. The van der Waals surface area contributed by atoms with Crippen molar-refractivity contribution >= 4 is 11.8 Å². The molecule has 1 aromatic heterocycles. The lowest BCUT2D eigenvalue weighted by Gasteiger charge is -2.41. The van der Waals surface area contributed by atoms with Crippen LogP contribution in [0.5, 0.6) is 0 Å². The number of nitrogens with zero attached hydrogens (tertiary/aromatic N) is 3. The molecule has 1 aliphatic carbocycles. The Labute approximate surface area is 143 Å². The molecule has 24 heavy (non-hydrogen) atoms. The highest BCUT2D eigenvalue weighted by atomic mass is 16.6. The number of hydrogen-bond acceptors (Lipinski definition) is 4. The Kier molecular flexibility index (Phi) is 4.32. The summed E-state index contributed by atoms with van der Waals surface area (Å²) < 4.78 is 7.30. The molecule has 1 atom stereocenters. The first-order valence-corrected chi connectivity index (χ1v) is 8.71. The molecule has 1 unspecified atom stereocenters. The van der Waals surface area contributed by atoms with Crippen LogP contribution in [0.1, 0.15) is 46.6 Å². The second-order valence-corrected chi connectivity index (χ2v) is 7.83. The van der Waals surface area contributed by atoms with Crippen LogP contribution < -0.4 is 10.5 Å². The van der Waals surface area contributed by atoms with Crippen molar-refractivity contribution in [3.05, 3.63) is 28.7 Å². The number of anilines is 1. The minimum Gasteiger partial charge on any atom is -0.444 e. The predicted molar refractivity (Wildman–Crippen MR) is 93.6 cm³/mol. The first kappa shape index (κ1) is 16.9. The van der Waals surface area contributed by atoms with Gasteiger partial charge in [-0.15, -0.1) is 0 Å². The van der Waals surface area contributed by atoms with E-state index in [9.17, 15) is 9.59 Å². The van der Waals surface area contributed by atoms with Gasteiger partial charge in [-0.2, -0.15) is 0 Å². The molecule has 0 bridgehead atoms. The number of aromatic nitrogens is 1. The molecule has 1 saturated heterocycles. The molecule has 0 spiro atoms. The maximum absolute atomic E-state index is 12.3. The fourth-order valence-electron chi connectivity index (χ4n) is 3.11. The second kappa shape index (κ2) is 6.15. The second-order valence-electron chi connectivity index (χ2n) is 7.83. The van der Waals surface area contributed by atoms with Gasteiger partial charge in [-0.25, -0.2) is 4.79 Å². The van der Waals surface area contributed by atoms with Gasteiger partial charge in [0.05, 0.1) is 0 Å². The van der Waals surface area contributed by atoms with E-state index in [0.29, 0.717) is 25.7 Å². The van der Waals surface area contributed by atoms with Gasteiger partial charge in [0, 0.05) is 49.7 Å². The first-order chi connectivity index (χ1) is 11.2. The molecule has 1 aliphatic heterocycles. The van der Waals surface area contributed by atoms with Gasteiger partial charge in [0.25, 0.3) is 5.56 Å². The van der Waals surface area contributed by atoms with Crippen molar-refractivity contribution in [3.63, 3.8) is 0 Å². The van der Waals surface area contributed by atoms with Crippen LogP contribution in [0.2, 0.25) is 0 Å². The highest BCUT2D eigenvalue weighted by Crippen LogP contribution is 2.33. The molecule has 2 fully saturated rings. The maximum Gasteiger partial charge on any atom is 0.410 e. The number of hydrogen-bond donors (Lipinski definition) is 0. The third kappa shape index (κ3) is 3.74. The van der Waals surface area contributed by atoms with Gasteiger partial charge in [-0.1, -0.05) is 0 Å². The summed E-state index contributed by atoms with van der Waals surface area (Å²) in [7, 11) is 0. The molecule has 6 heteroatoms. The summed E-state index contributed by atoms with van der Waals surface area (Å²) in [4.78, 5) is 28.4. The van der Waals surface area contributed by atoms with E-state index >= 15 is 0 Å². The van der Waals surface area contributed by atoms with Crippen molar-refractivity contribution in [3.8, 4) is 0 Å². The zero-order chi connectivity index (χ0) is 17.5. The normalized spacial score (nSPS) is 21.8. The van der Waals surface area contributed by atoms with Crippen LogP contribution >= 0.6 is 0 Å². The number of rotatable bonds is 2. The SMILES string of the molecule is CC1CN(c2ccn(C3CC3)c(=O)c2)CCN1C(=O)OC(C)(C)C. The van der Waals surface area contributed by atoms with Crippen LogP contribution in [0.3, 0.4) is 0 Å². The monoisotopic (exact) mass is 333 g/mol. The van der Waals surface area contributed by atoms with Crippen molar-refractivity contribution in [2.45, 2.75) is 58.2 Å². The van der Waals surface area contributed by atoms with E-state index in [1.807, 2.05) is 44.5 Å². The quantitative estimate of drug-likeness (QED) is 0.835. The molecular formula is C18H27N3O3. The fourth-order valence-corrected chi connectivity index (χ4v) is 3.11. The third-order valence-electron chi connectivity index (χ3n) is 4.49. The number of amides is 1. The summed E-state index contributed by atoms with van der Waals surface area (Å²) in [5.74, 6) is 0. The van der Waals surface area contributed by atoms with Gasteiger partial charge in [-0.3, -0.25) is 4.79 Å². The summed E-state index contributed by atoms with van der Waals surface area (Å²) >= 11 is 0. The Morgan fingerprint density at radius 2 is 1.96 bits per heavy atom. The Morgan fingerprint density at radius 3 is 2.50 bits per heavy atom. The Balaban J connectivity index is 1.66. The number of piperazine rings is 1. The fraction of sp³-hybridized carbons (Fsp3) is 0.667. The van der Waals surface area contributed by atoms with Crippen LogP contribution in [-0.2, 0) is 4.74 Å². The summed E-state index contributed by atoms with van der Waals surface area (Å²) in [6, 6.07) is 4.16. The molecule has 1 amide bonds. The Bertz CT molecular complexity index is 673. The van der Waals surface area contributed by atoms with Gasteiger partial charge >= 0.3 is 6.09 Å². The van der Waals surface area contributed by atoms with Crippen LogP contribution in [-0.4, -0.2) is 46.8 Å². The standard InChI is InChI=1S/C18H27N3O3/c1-13-12-19(9-10-20(13)17(23)24-18(2,3)4)15-7-8-21(14-5-6-14)16(22)11-15/h7-8,11,13-14H,5-6,9-10,12H2,1-4H3. The van der Waals surface area contributed by atoms with Crippen LogP contribution in [0.25, 0.3) is 0 Å². The van der Waals surface area contributed by atoms with Crippen molar-refractivity contribution in [1.29, 1.82) is 0 Å². The zero-order valence-corrected chi connectivity index (χ0v) is 15.0. The summed E-state index contributed by atoms with van der Waals surface area (Å²) in [6.07, 6.45) is 3.84. The van der Waals surface area contributed by atoms with Crippen molar-refractivity contribution in [2.75, 3.05) is 24.5 Å². The van der Waals surface area contributed by atoms with Gasteiger partial charge in [-0.05, 0) is 46.6 Å². The van der Waals surface area contributed by atoms with Crippen LogP contribution in [0.4, 0.5) is 10.5 Å². The Morgan fingerprint density at radius 1 is 1.25 bits per heavy atom. The van der Waals surface area contributed by atoms with E-state index in [-0.39, 0.29) is 17.7 Å². The predicted octanol–water partition coefficient (Wildman–Crippen LogP) is 2.63. The van der Waals surface area contributed by atoms with E-state index in [1.165, 1.54) is 0 Å². The first-order valence-electron chi connectivity index (χ1n) is 8.71. The zero-order valence-electron chi connectivity index (χ0n) is 15.0.